The molecule has 4 aromatic carbocycles. The molecular weight excluding hydrogens is 783 g/mol. The van der Waals surface area contributed by atoms with Crippen molar-refractivity contribution in [2.24, 2.45) is 0 Å². The van der Waals surface area contributed by atoms with E-state index in [1.807, 2.05) is 78.2 Å². The summed E-state index contributed by atoms with van der Waals surface area (Å²) in [7, 11) is 0. The van der Waals surface area contributed by atoms with Crippen LogP contribution in [-0.4, -0.2) is 76.9 Å². The van der Waals surface area contributed by atoms with Gasteiger partial charge in [0.25, 0.3) is 5.91 Å². The lowest BCUT2D eigenvalue weighted by Gasteiger charge is -2.27. The van der Waals surface area contributed by atoms with Crippen molar-refractivity contribution in [1.82, 2.24) is 26.6 Å². The van der Waals surface area contributed by atoms with E-state index in [1.165, 1.54) is 11.3 Å². The zero-order valence-electron chi connectivity index (χ0n) is 32.6. The number of benzene rings is 4. The van der Waals surface area contributed by atoms with E-state index in [-0.39, 0.29) is 38.5 Å². The Morgan fingerprint density at radius 2 is 1.22 bits per heavy atom. The molecule has 2 bridgehead atoms. The maximum Gasteiger partial charge on any atom is 0.329 e. The van der Waals surface area contributed by atoms with Crippen LogP contribution in [0.25, 0.3) is 11.1 Å². The Hall–Kier alpha value is -6.80. The predicted octanol–water partition coefficient (Wildman–Crippen LogP) is 3.75. The van der Waals surface area contributed by atoms with Crippen LogP contribution in [-0.2, 0) is 54.5 Å². The average Bonchev–Trinajstić information content (AvgIpc) is 3.86. The van der Waals surface area contributed by atoms with Gasteiger partial charge in [0.05, 0.1) is 0 Å². The monoisotopic (exact) mass is 827 g/mol. The first-order chi connectivity index (χ1) is 29.0. The fourth-order valence-electron chi connectivity index (χ4n) is 7.02. The van der Waals surface area contributed by atoms with Crippen LogP contribution in [0.2, 0.25) is 0 Å². The standard InChI is InChI=1S/C46H45N5O8S/c52-40-28-59-34-19-15-31(16-20-34)26-38(44(56)51-46(21-22-46)45(57)58)50-42(54)36(24-29-8-3-1-4-9-29)48-41(53)37(49-43(55)39(47-40)27-35-12-7-23-60-35)25-30-13-17-33(18-14-30)32-10-5-2-6-11-32/h1-20,23,36-39H,21-22,24-28H2,(H,47,52)(H,48,53)(H,49,55)(H,50,54)(H,51,56)(H,57,58)/t36-,37-,38-,39-/m0/s1. The minimum Gasteiger partial charge on any atom is -0.484 e. The summed E-state index contributed by atoms with van der Waals surface area (Å²) in [4.78, 5) is 83.1. The molecule has 0 spiro atoms. The Balaban J connectivity index is 1.22. The van der Waals surface area contributed by atoms with Gasteiger partial charge in [0, 0.05) is 30.6 Å². The summed E-state index contributed by atoms with van der Waals surface area (Å²) in [5.41, 5.74) is 2.59. The third-order valence-corrected chi connectivity index (χ3v) is 11.5. The molecule has 6 N–H and O–H groups in total. The number of nitrogens with one attached hydrogen (secondary N) is 5. The van der Waals surface area contributed by atoms with Gasteiger partial charge in [-0.05, 0) is 64.2 Å². The van der Waals surface area contributed by atoms with E-state index < -0.39 is 71.8 Å². The van der Waals surface area contributed by atoms with Crippen molar-refractivity contribution >= 4 is 46.8 Å². The molecule has 0 unspecified atom stereocenters. The van der Waals surface area contributed by atoms with E-state index in [0.717, 1.165) is 21.6 Å². The lowest BCUT2D eigenvalue weighted by atomic mass is 9.99. The maximum absolute atomic E-state index is 14.5. The third kappa shape index (κ3) is 10.8. The van der Waals surface area contributed by atoms with Crippen molar-refractivity contribution in [3.8, 4) is 16.9 Å². The number of fused-ring (bicyclic) bond motifs is 16. The van der Waals surface area contributed by atoms with Gasteiger partial charge in [-0.1, -0.05) is 103 Å². The smallest absolute Gasteiger partial charge is 0.329 e. The van der Waals surface area contributed by atoms with E-state index in [9.17, 15) is 33.9 Å². The molecule has 2 aliphatic heterocycles. The Kier molecular flexibility index (Phi) is 13.0. The van der Waals surface area contributed by atoms with E-state index >= 15 is 0 Å². The lowest BCUT2D eigenvalue weighted by Crippen LogP contribution is -2.60. The molecule has 13 nitrogen and oxygen atoms in total. The van der Waals surface area contributed by atoms with Crippen molar-refractivity contribution in [2.45, 2.75) is 68.2 Å². The van der Waals surface area contributed by atoms with Crippen LogP contribution in [0.4, 0.5) is 0 Å². The van der Waals surface area contributed by atoms with Gasteiger partial charge in [-0.15, -0.1) is 11.3 Å². The maximum atomic E-state index is 14.5. The van der Waals surface area contributed by atoms with Crippen LogP contribution in [0, 0.1) is 0 Å². The quantitative estimate of drug-likeness (QED) is 0.115. The molecule has 3 aliphatic rings. The predicted molar refractivity (Wildman–Crippen MR) is 225 cm³/mol. The Bertz CT molecular complexity index is 2300. The van der Waals surface area contributed by atoms with E-state index in [4.69, 9.17) is 4.74 Å². The highest BCUT2D eigenvalue weighted by Crippen LogP contribution is 2.35. The minimum atomic E-state index is -1.42. The molecule has 3 heterocycles. The number of aliphatic carboxylic acids is 1. The summed E-state index contributed by atoms with van der Waals surface area (Å²) in [6.45, 7) is -0.412. The molecule has 1 aliphatic carbocycles. The van der Waals surface area contributed by atoms with Crippen LogP contribution < -0.4 is 31.3 Å². The first-order valence-corrected chi connectivity index (χ1v) is 20.6. The lowest BCUT2D eigenvalue weighted by molar-refractivity contribution is -0.143. The van der Waals surface area contributed by atoms with Crippen molar-refractivity contribution in [3.05, 3.63) is 148 Å². The molecule has 60 heavy (non-hydrogen) atoms. The summed E-state index contributed by atoms with van der Waals surface area (Å²) < 4.78 is 5.76. The number of carbonyl (C=O) groups is 6. The molecule has 14 heteroatoms. The van der Waals surface area contributed by atoms with Gasteiger partial charge in [0.2, 0.25) is 23.6 Å². The zero-order valence-corrected chi connectivity index (χ0v) is 33.4. The molecule has 5 aromatic rings. The molecule has 1 saturated carbocycles. The summed E-state index contributed by atoms with van der Waals surface area (Å²) in [6.07, 6.45) is 0.680. The van der Waals surface area contributed by atoms with Gasteiger partial charge in [-0.25, -0.2) is 4.79 Å². The Morgan fingerprint density at radius 1 is 0.650 bits per heavy atom. The molecule has 0 radical (unpaired) electrons. The highest BCUT2D eigenvalue weighted by atomic mass is 32.1. The molecule has 0 saturated heterocycles. The van der Waals surface area contributed by atoms with Crippen molar-refractivity contribution in [2.75, 3.05) is 6.61 Å². The number of carboxylic acids is 1. The Labute approximate surface area is 350 Å². The van der Waals surface area contributed by atoms with E-state index in [0.29, 0.717) is 16.9 Å². The van der Waals surface area contributed by atoms with Crippen molar-refractivity contribution < 1.29 is 38.6 Å². The number of amides is 5. The van der Waals surface area contributed by atoms with Gasteiger partial charge in [-0.2, -0.15) is 0 Å². The highest BCUT2D eigenvalue weighted by Gasteiger charge is 2.52. The number of thiophene rings is 1. The van der Waals surface area contributed by atoms with E-state index in [2.05, 4.69) is 26.6 Å². The first-order valence-electron chi connectivity index (χ1n) is 19.7. The summed E-state index contributed by atoms with van der Waals surface area (Å²) >= 11 is 1.42. The largest absolute Gasteiger partial charge is 0.484 e. The zero-order chi connectivity index (χ0) is 42.1. The molecular formula is C46H45N5O8S. The summed E-state index contributed by atoms with van der Waals surface area (Å²) in [5.74, 6) is -4.06. The summed E-state index contributed by atoms with van der Waals surface area (Å²) in [6, 6.07) is 31.9. The second-order valence-corrected chi connectivity index (χ2v) is 16.1. The number of carbonyl (C=O) groups excluding carboxylic acids is 5. The fourth-order valence-corrected chi connectivity index (χ4v) is 7.77. The van der Waals surface area contributed by atoms with Gasteiger partial charge < -0.3 is 36.4 Å². The van der Waals surface area contributed by atoms with Gasteiger partial charge in [-0.3, -0.25) is 24.0 Å². The van der Waals surface area contributed by atoms with Crippen molar-refractivity contribution in [3.63, 3.8) is 0 Å². The number of hydrogen-bond acceptors (Lipinski definition) is 8. The molecule has 8 rings (SSSR count). The van der Waals surface area contributed by atoms with Crippen LogP contribution >= 0.6 is 11.3 Å². The van der Waals surface area contributed by atoms with Crippen LogP contribution in [0.3, 0.4) is 0 Å². The SMILES string of the molecule is O=C1COc2ccc(cc2)C[C@@H](C(=O)NC2(C(=O)O)CC2)NC(=O)[C@H](Cc2ccccc2)NC(=O)[C@H](Cc2ccc(-c3ccccc3)cc2)NC(=O)[C@H](Cc2cccs2)N1. The average molecular weight is 828 g/mol. The molecule has 4 atom stereocenters. The second-order valence-electron chi connectivity index (χ2n) is 15.1. The molecule has 1 fully saturated rings. The third-order valence-electron chi connectivity index (χ3n) is 10.6. The molecule has 5 amide bonds. The van der Waals surface area contributed by atoms with Gasteiger partial charge in [0.15, 0.2) is 6.61 Å². The minimum absolute atomic E-state index is 0.0257. The van der Waals surface area contributed by atoms with Crippen LogP contribution in [0.15, 0.2) is 127 Å². The van der Waals surface area contributed by atoms with Crippen LogP contribution in [0.5, 0.6) is 5.75 Å². The van der Waals surface area contributed by atoms with Crippen LogP contribution in [0.1, 0.15) is 34.4 Å². The van der Waals surface area contributed by atoms with Gasteiger partial charge in [0.1, 0.15) is 35.5 Å². The molecule has 1 aromatic heterocycles. The number of carboxylic acid groups (broad SMARTS) is 1. The second kappa shape index (κ2) is 18.9. The Morgan fingerprint density at radius 3 is 1.80 bits per heavy atom. The summed E-state index contributed by atoms with van der Waals surface area (Å²) in [5, 5.41) is 25.6. The highest BCUT2D eigenvalue weighted by molar-refractivity contribution is 7.09. The van der Waals surface area contributed by atoms with Gasteiger partial charge >= 0.3 is 5.97 Å². The first kappa shape index (κ1) is 41.4. The van der Waals surface area contributed by atoms with E-state index in [1.54, 1.807) is 48.5 Å². The number of rotatable bonds is 10. The molecule has 308 valence electrons. The number of hydrogen-bond donors (Lipinski definition) is 6. The number of ether oxygens (including phenoxy) is 1. The topological polar surface area (TPSA) is 192 Å². The van der Waals surface area contributed by atoms with Crippen molar-refractivity contribution in [1.29, 1.82) is 0 Å². The fraction of sp³-hybridized carbons (Fsp3) is 0.261. The normalized spacial score (nSPS) is 20.7.